The van der Waals surface area contributed by atoms with Gasteiger partial charge < -0.3 is 9.88 Å². The summed E-state index contributed by atoms with van der Waals surface area (Å²) in [7, 11) is 0. The lowest BCUT2D eigenvalue weighted by molar-refractivity contribution is -0.135. The van der Waals surface area contributed by atoms with Gasteiger partial charge in [0.25, 0.3) is 0 Å². The number of H-pyrrole nitrogens is 1. The van der Waals surface area contributed by atoms with E-state index in [2.05, 4.69) is 4.98 Å². The zero-order valence-corrected chi connectivity index (χ0v) is 11.9. The third-order valence-electron chi connectivity index (χ3n) is 3.74. The number of nitrogens with one attached hydrogen (secondary N) is 1. The van der Waals surface area contributed by atoms with E-state index >= 15 is 0 Å². The van der Waals surface area contributed by atoms with Gasteiger partial charge in [0.15, 0.2) is 0 Å². The van der Waals surface area contributed by atoms with Crippen molar-refractivity contribution in [1.82, 2.24) is 9.88 Å². The maximum absolute atomic E-state index is 12.1. The van der Waals surface area contributed by atoms with Crippen molar-refractivity contribution in [3.63, 3.8) is 0 Å². The van der Waals surface area contributed by atoms with E-state index in [1.807, 2.05) is 36.9 Å². The topological polar surface area (TPSA) is 36.1 Å². The molecule has 0 radical (unpaired) electrons. The largest absolute Gasteiger partial charge is 0.358 e. The van der Waals surface area contributed by atoms with E-state index in [9.17, 15) is 4.79 Å². The number of rotatable bonds is 1. The Bertz CT molecular complexity index is 645. The molecule has 0 saturated carbocycles. The molecule has 3 nitrogen and oxygen atoms in total. The SMILES string of the molecule is CC(C)C(=O)N1CCc2[nH]c3cc(Cl)ccc3c2C1. The van der Waals surface area contributed by atoms with E-state index in [1.54, 1.807) is 0 Å². The van der Waals surface area contributed by atoms with Gasteiger partial charge in [-0.2, -0.15) is 0 Å². The summed E-state index contributed by atoms with van der Waals surface area (Å²) in [4.78, 5) is 17.5. The highest BCUT2D eigenvalue weighted by Crippen LogP contribution is 2.29. The van der Waals surface area contributed by atoms with E-state index in [4.69, 9.17) is 11.6 Å². The highest BCUT2D eigenvalue weighted by molar-refractivity contribution is 6.31. The summed E-state index contributed by atoms with van der Waals surface area (Å²) in [6, 6.07) is 5.89. The summed E-state index contributed by atoms with van der Waals surface area (Å²) < 4.78 is 0. The van der Waals surface area contributed by atoms with Crippen LogP contribution in [-0.2, 0) is 17.8 Å². The first-order valence-corrected chi connectivity index (χ1v) is 7.02. The fraction of sp³-hybridized carbons (Fsp3) is 0.400. The molecule has 0 spiro atoms. The first-order valence-electron chi connectivity index (χ1n) is 6.64. The Kier molecular flexibility index (Phi) is 3.02. The molecule has 0 fully saturated rings. The number of carbonyl (C=O) groups is 1. The van der Waals surface area contributed by atoms with Crippen LogP contribution >= 0.6 is 11.6 Å². The van der Waals surface area contributed by atoms with Crippen molar-refractivity contribution < 1.29 is 4.79 Å². The lowest BCUT2D eigenvalue weighted by Crippen LogP contribution is -2.38. The minimum atomic E-state index is 0.0567. The second-order valence-electron chi connectivity index (χ2n) is 5.44. The van der Waals surface area contributed by atoms with Crippen molar-refractivity contribution in [3.8, 4) is 0 Å². The smallest absolute Gasteiger partial charge is 0.225 e. The van der Waals surface area contributed by atoms with Crippen LogP contribution < -0.4 is 0 Å². The van der Waals surface area contributed by atoms with Crippen LogP contribution in [0.3, 0.4) is 0 Å². The quantitative estimate of drug-likeness (QED) is 0.852. The minimum Gasteiger partial charge on any atom is -0.358 e. The molecule has 3 rings (SSSR count). The van der Waals surface area contributed by atoms with Crippen molar-refractivity contribution in [2.75, 3.05) is 6.54 Å². The van der Waals surface area contributed by atoms with Crippen molar-refractivity contribution in [2.45, 2.75) is 26.8 Å². The molecule has 0 atom stereocenters. The highest BCUT2D eigenvalue weighted by Gasteiger charge is 2.25. The summed E-state index contributed by atoms with van der Waals surface area (Å²) in [5, 5.41) is 1.92. The van der Waals surface area contributed by atoms with Crippen LogP contribution in [-0.4, -0.2) is 22.3 Å². The Labute approximate surface area is 117 Å². The van der Waals surface area contributed by atoms with E-state index in [0.29, 0.717) is 6.54 Å². The Balaban J connectivity index is 2.00. The second kappa shape index (κ2) is 4.57. The minimum absolute atomic E-state index is 0.0567. The average Bonchev–Trinajstić information content (AvgIpc) is 2.73. The summed E-state index contributed by atoms with van der Waals surface area (Å²) in [5.41, 5.74) is 3.55. The molecule has 0 bridgehead atoms. The number of hydrogen-bond donors (Lipinski definition) is 1. The number of aromatic amines is 1. The maximum Gasteiger partial charge on any atom is 0.225 e. The normalized spacial score (nSPS) is 15.1. The van der Waals surface area contributed by atoms with Gasteiger partial charge in [-0.3, -0.25) is 4.79 Å². The number of hydrogen-bond acceptors (Lipinski definition) is 1. The van der Waals surface area contributed by atoms with Crippen molar-refractivity contribution in [3.05, 3.63) is 34.5 Å². The van der Waals surface area contributed by atoms with E-state index in [1.165, 1.54) is 16.6 Å². The monoisotopic (exact) mass is 276 g/mol. The van der Waals surface area contributed by atoms with Crippen LogP contribution in [0.15, 0.2) is 18.2 Å². The molecule has 1 aromatic heterocycles. The highest BCUT2D eigenvalue weighted by atomic mass is 35.5. The van der Waals surface area contributed by atoms with Gasteiger partial charge in [-0.05, 0) is 12.1 Å². The lowest BCUT2D eigenvalue weighted by atomic mass is 10.0. The lowest BCUT2D eigenvalue weighted by Gasteiger charge is -2.28. The molecule has 2 heterocycles. The molecule has 2 aromatic rings. The molecule has 0 saturated heterocycles. The number of carbonyl (C=O) groups excluding carboxylic acids is 1. The van der Waals surface area contributed by atoms with Crippen LogP contribution in [0.2, 0.25) is 5.02 Å². The summed E-state index contributed by atoms with van der Waals surface area (Å²) >= 11 is 6.02. The predicted molar refractivity (Wildman–Crippen MR) is 77.3 cm³/mol. The molecular weight excluding hydrogens is 260 g/mol. The molecule has 1 amide bonds. The molecule has 0 aliphatic carbocycles. The second-order valence-corrected chi connectivity index (χ2v) is 5.87. The molecule has 0 unspecified atom stereocenters. The number of nitrogens with zero attached hydrogens (tertiary/aromatic N) is 1. The predicted octanol–water partition coefficient (Wildman–Crippen LogP) is 3.36. The van der Waals surface area contributed by atoms with Gasteiger partial charge in [0.05, 0.1) is 0 Å². The molecule has 1 N–H and O–H groups in total. The molecule has 1 aliphatic heterocycles. The van der Waals surface area contributed by atoms with Crippen LogP contribution in [0.1, 0.15) is 25.1 Å². The Morgan fingerprint density at radius 2 is 2.21 bits per heavy atom. The fourth-order valence-corrected chi connectivity index (χ4v) is 2.92. The average molecular weight is 277 g/mol. The summed E-state index contributed by atoms with van der Waals surface area (Å²) in [6.07, 6.45) is 0.889. The van der Waals surface area contributed by atoms with Crippen LogP contribution in [0.25, 0.3) is 10.9 Å². The molecule has 1 aromatic carbocycles. The molecule has 4 heteroatoms. The van der Waals surface area contributed by atoms with Crippen molar-refractivity contribution >= 4 is 28.4 Å². The van der Waals surface area contributed by atoms with Gasteiger partial charge in [0, 0.05) is 52.6 Å². The zero-order chi connectivity index (χ0) is 13.6. The van der Waals surface area contributed by atoms with E-state index in [0.717, 1.165) is 23.5 Å². The van der Waals surface area contributed by atoms with E-state index < -0.39 is 0 Å². The Morgan fingerprint density at radius 3 is 2.95 bits per heavy atom. The number of benzene rings is 1. The first-order chi connectivity index (χ1) is 9.06. The van der Waals surface area contributed by atoms with Gasteiger partial charge in [-0.25, -0.2) is 0 Å². The van der Waals surface area contributed by atoms with Gasteiger partial charge >= 0.3 is 0 Å². The van der Waals surface area contributed by atoms with Gasteiger partial charge in [-0.1, -0.05) is 31.5 Å². The maximum atomic E-state index is 12.1. The third-order valence-corrected chi connectivity index (χ3v) is 3.98. The van der Waals surface area contributed by atoms with Gasteiger partial charge in [0.1, 0.15) is 0 Å². The zero-order valence-electron chi connectivity index (χ0n) is 11.2. The van der Waals surface area contributed by atoms with Crippen LogP contribution in [0.5, 0.6) is 0 Å². The summed E-state index contributed by atoms with van der Waals surface area (Å²) in [5.74, 6) is 0.287. The van der Waals surface area contributed by atoms with Gasteiger partial charge in [0.2, 0.25) is 5.91 Å². The number of amides is 1. The molecule has 1 aliphatic rings. The number of aromatic nitrogens is 1. The van der Waals surface area contributed by atoms with Crippen LogP contribution in [0.4, 0.5) is 0 Å². The van der Waals surface area contributed by atoms with Crippen LogP contribution in [0, 0.1) is 5.92 Å². The molecular formula is C15H17ClN2O. The number of halogens is 1. The number of fused-ring (bicyclic) bond motifs is 3. The van der Waals surface area contributed by atoms with Crippen molar-refractivity contribution in [2.24, 2.45) is 5.92 Å². The third kappa shape index (κ3) is 2.12. The van der Waals surface area contributed by atoms with E-state index in [-0.39, 0.29) is 11.8 Å². The first kappa shape index (κ1) is 12.5. The summed E-state index contributed by atoms with van der Waals surface area (Å²) in [6.45, 7) is 5.40. The van der Waals surface area contributed by atoms with Gasteiger partial charge in [-0.15, -0.1) is 0 Å². The molecule has 100 valence electrons. The standard InChI is InChI=1S/C15H17ClN2O/c1-9(2)15(19)18-6-5-13-12(8-18)11-4-3-10(16)7-14(11)17-13/h3-4,7,9,17H,5-6,8H2,1-2H3. The Hall–Kier alpha value is -1.48. The van der Waals surface area contributed by atoms with Crippen molar-refractivity contribution in [1.29, 1.82) is 0 Å². The Morgan fingerprint density at radius 1 is 1.42 bits per heavy atom. The fourth-order valence-electron chi connectivity index (χ4n) is 2.75. The molecule has 19 heavy (non-hydrogen) atoms.